The summed E-state index contributed by atoms with van der Waals surface area (Å²) >= 11 is 6.00. The Kier molecular flexibility index (Phi) is 9.15. The van der Waals surface area contributed by atoms with Crippen molar-refractivity contribution in [1.29, 1.82) is 0 Å². The van der Waals surface area contributed by atoms with Crippen molar-refractivity contribution < 1.29 is 18.6 Å². The summed E-state index contributed by atoms with van der Waals surface area (Å²) < 4.78 is 34.6. The smallest absolute Gasteiger partial charge is 0.232 e. The highest BCUT2D eigenvalue weighted by Gasteiger charge is 2.35. The number of hydrogen-bond donors (Lipinski definition) is 4. The Balaban J connectivity index is 1.65. The first-order valence-corrected chi connectivity index (χ1v) is 13.4. The molecule has 2 atom stereocenters. The highest BCUT2D eigenvalue weighted by atomic mass is 35.5. The Morgan fingerprint density at radius 1 is 1.15 bits per heavy atom. The van der Waals surface area contributed by atoms with Gasteiger partial charge < -0.3 is 35.6 Å². The molecule has 1 saturated heterocycles. The molecule has 4 N–H and O–H groups in total. The molecule has 3 aromatic rings. The van der Waals surface area contributed by atoms with Crippen LogP contribution in [0.15, 0.2) is 43.2 Å². The third kappa shape index (κ3) is 6.95. The number of aliphatic hydroxyl groups is 1. The molecule has 1 aliphatic rings. The number of nitrogens with zero attached hydrogens (tertiary/aromatic N) is 5. The van der Waals surface area contributed by atoms with Crippen LogP contribution in [0.1, 0.15) is 19.4 Å². The Morgan fingerprint density at radius 2 is 1.83 bits per heavy atom. The van der Waals surface area contributed by atoms with Crippen molar-refractivity contribution in [2.24, 2.45) is 0 Å². The van der Waals surface area contributed by atoms with Crippen molar-refractivity contribution >= 4 is 46.2 Å². The van der Waals surface area contributed by atoms with Gasteiger partial charge in [0.05, 0.1) is 47.4 Å². The Morgan fingerprint density at radius 3 is 2.41 bits per heavy atom. The number of aromatic nitrogens is 3. The van der Waals surface area contributed by atoms with Crippen molar-refractivity contribution in [2.75, 3.05) is 61.7 Å². The first-order valence-electron chi connectivity index (χ1n) is 13.0. The lowest BCUT2D eigenvalue weighted by Crippen LogP contribution is -2.36. The number of anilines is 6. The number of methoxy groups -OCH3 is 1. The second-order valence-electron chi connectivity index (χ2n) is 10.4. The van der Waals surface area contributed by atoms with Crippen LogP contribution in [0.4, 0.5) is 43.4 Å². The van der Waals surface area contributed by atoms with Gasteiger partial charge >= 0.3 is 0 Å². The van der Waals surface area contributed by atoms with E-state index in [1.54, 1.807) is 13.2 Å². The lowest BCUT2D eigenvalue weighted by atomic mass is 9.96. The maximum Gasteiger partial charge on any atom is 0.232 e. The molecule has 0 spiro atoms. The average molecular weight is 589 g/mol. The van der Waals surface area contributed by atoms with Crippen LogP contribution in [0.3, 0.4) is 0 Å². The monoisotopic (exact) mass is 588 g/mol. The molecule has 4 rings (SSSR count). The maximum atomic E-state index is 14.8. The largest absolute Gasteiger partial charge is 0.494 e. The van der Waals surface area contributed by atoms with E-state index in [1.807, 2.05) is 36.0 Å². The van der Waals surface area contributed by atoms with Crippen molar-refractivity contribution in [2.45, 2.75) is 31.7 Å². The van der Waals surface area contributed by atoms with E-state index in [0.29, 0.717) is 30.2 Å². The molecule has 1 fully saturated rings. The quantitative estimate of drug-likeness (QED) is 0.227. The van der Waals surface area contributed by atoms with Gasteiger partial charge in [0.2, 0.25) is 11.9 Å². The van der Waals surface area contributed by atoms with Crippen LogP contribution in [0.25, 0.3) is 0 Å². The normalized spacial score (nSPS) is 17.1. The summed E-state index contributed by atoms with van der Waals surface area (Å²) in [5.74, 6) is 0.172. The van der Waals surface area contributed by atoms with Crippen molar-refractivity contribution in [1.82, 2.24) is 19.9 Å². The highest BCUT2D eigenvalue weighted by Crippen LogP contribution is 2.40. The van der Waals surface area contributed by atoms with E-state index in [4.69, 9.17) is 16.3 Å². The molecule has 13 heteroatoms. The number of rotatable bonds is 11. The topological polar surface area (TPSA) is 111 Å². The second kappa shape index (κ2) is 12.4. The van der Waals surface area contributed by atoms with E-state index < -0.39 is 17.6 Å². The molecule has 41 heavy (non-hydrogen) atoms. The fraction of sp³-hybridized carbons (Fsp3) is 0.393. The third-order valence-corrected chi connectivity index (χ3v) is 7.05. The summed E-state index contributed by atoms with van der Waals surface area (Å²) in [6.07, 6.45) is 2.04. The molecule has 0 saturated carbocycles. The molecule has 0 amide bonds. The van der Waals surface area contributed by atoms with E-state index >= 15 is 0 Å². The zero-order valence-electron chi connectivity index (χ0n) is 23.7. The van der Waals surface area contributed by atoms with Gasteiger partial charge in [-0.3, -0.25) is 0 Å². The molecule has 2 aromatic carbocycles. The van der Waals surface area contributed by atoms with Gasteiger partial charge in [0, 0.05) is 30.4 Å². The van der Waals surface area contributed by atoms with E-state index in [2.05, 4.69) is 37.5 Å². The van der Waals surface area contributed by atoms with Gasteiger partial charge in [-0.1, -0.05) is 17.7 Å². The molecule has 1 aliphatic heterocycles. The number of halogens is 3. The Labute approximate surface area is 243 Å². The third-order valence-electron chi connectivity index (χ3n) is 6.76. The summed E-state index contributed by atoms with van der Waals surface area (Å²) in [6.45, 7) is 8.12. The summed E-state index contributed by atoms with van der Waals surface area (Å²) in [4.78, 5) is 16.7. The number of benzene rings is 2. The molecule has 1 aromatic heterocycles. The number of hydrogen-bond acceptors (Lipinski definition) is 10. The van der Waals surface area contributed by atoms with Crippen LogP contribution in [-0.2, 0) is 5.60 Å². The minimum atomic E-state index is -1.37. The number of nitrogens with one attached hydrogen (secondary N) is 3. The van der Waals surface area contributed by atoms with Crippen LogP contribution >= 0.6 is 11.6 Å². The van der Waals surface area contributed by atoms with Gasteiger partial charge in [-0.2, -0.15) is 4.98 Å². The SMILES string of the molecule is C=CCNc1cc(Nc2ncnc(Nc3cc(Cl)c(F)cc3C(C)(C)O)n2)c(OC)cc1N1C[C@@H](F)[C@@H](N(C)C)C1. The van der Waals surface area contributed by atoms with Gasteiger partial charge in [-0.25, -0.2) is 18.7 Å². The number of likely N-dealkylation sites (N-methyl/N-ethyl adjacent to an activating group) is 1. The summed E-state index contributed by atoms with van der Waals surface area (Å²) in [7, 11) is 5.29. The molecule has 220 valence electrons. The van der Waals surface area contributed by atoms with Crippen LogP contribution < -0.4 is 25.6 Å². The summed E-state index contributed by atoms with van der Waals surface area (Å²) in [5, 5.41) is 19.9. The van der Waals surface area contributed by atoms with Gasteiger partial charge in [0.15, 0.2) is 0 Å². The van der Waals surface area contributed by atoms with Crippen molar-refractivity contribution in [3.63, 3.8) is 0 Å². The fourth-order valence-corrected chi connectivity index (χ4v) is 4.83. The number of ether oxygens (including phenoxy) is 1. The lowest BCUT2D eigenvalue weighted by molar-refractivity contribution is 0.0790. The first-order chi connectivity index (χ1) is 19.4. The van der Waals surface area contributed by atoms with Crippen molar-refractivity contribution in [3.8, 4) is 5.75 Å². The predicted molar refractivity (Wildman–Crippen MR) is 159 cm³/mol. The van der Waals surface area contributed by atoms with Crippen LogP contribution in [0.2, 0.25) is 5.02 Å². The zero-order chi connectivity index (χ0) is 29.9. The maximum absolute atomic E-state index is 14.8. The number of alkyl halides is 1. The van der Waals surface area contributed by atoms with E-state index in [9.17, 15) is 13.9 Å². The molecule has 0 bridgehead atoms. The highest BCUT2D eigenvalue weighted by molar-refractivity contribution is 6.31. The van der Waals surface area contributed by atoms with Gasteiger partial charge in [0.25, 0.3) is 0 Å². The zero-order valence-corrected chi connectivity index (χ0v) is 24.4. The van der Waals surface area contributed by atoms with Gasteiger partial charge in [-0.15, -0.1) is 6.58 Å². The molecule has 0 unspecified atom stereocenters. The molecular formula is C28H35ClF2N8O2. The molecule has 10 nitrogen and oxygen atoms in total. The van der Waals surface area contributed by atoms with E-state index in [1.165, 1.54) is 32.3 Å². The standard InChI is InChI=1S/C28H35ClF2N8O2/c1-7-8-32-21-11-22(25(41-6)12-23(21)39-13-19(31)24(14-39)38(4)5)36-27-34-15-33-26(37-27)35-20-10-17(29)18(30)9-16(20)28(2,3)40/h7,9-12,15,19,24,32,40H,1,8,13-14H2,2-6H3,(H2,33,34,35,36,37)/t19-,24+/m1/s1. The van der Waals surface area contributed by atoms with E-state index in [-0.39, 0.29) is 35.1 Å². The van der Waals surface area contributed by atoms with Gasteiger partial charge in [-0.05, 0) is 46.1 Å². The summed E-state index contributed by atoms with van der Waals surface area (Å²) in [5.41, 5.74) is 1.36. The minimum absolute atomic E-state index is 0.119. The molecular weight excluding hydrogens is 554 g/mol. The van der Waals surface area contributed by atoms with Crippen LogP contribution in [0, 0.1) is 5.82 Å². The second-order valence-corrected chi connectivity index (χ2v) is 10.9. The molecule has 0 aliphatic carbocycles. The van der Waals surface area contributed by atoms with Crippen molar-refractivity contribution in [3.05, 3.63) is 59.7 Å². The summed E-state index contributed by atoms with van der Waals surface area (Å²) in [6, 6.07) is 5.99. The van der Waals surface area contributed by atoms with E-state index in [0.717, 1.165) is 11.4 Å². The molecule has 2 heterocycles. The average Bonchev–Trinajstić information content (AvgIpc) is 3.30. The minimum Gasteiger partial charge on any atom is -0.494 e. The first kappa shape index (κ1) is 30.2. The lowest BCUT2D eigenvalue weighted by Gasteiger charge is -2.25. The Bertz CT molecular complexity index is 1400. The Hall–Kier alpha value is -3.74. The fourth-order valence-electron chi connectivity index (χ4n) is 4.67. The van der Waals surface area contributed by atoms with Crippen LogP contribution in [-0.4, -0.2) is 78.0 Å². The predicted octanol–water partition coefficient (Wildman–Crippen LogP) is 5.07. The van der Waals surface area contributed by atoms with Crippen LogP contribution in [0.5, 0.6) is 5.75 Å². The van der Waals surface area contributed by atoms with Gasteiger partial charge in [0.1, 0.15) is 24.1 Å². The molecule has 0 radical (unpaired) electrons.